The van der Waals surface area contributed by atoms with Crippen molar-refractivity contribution < 1.29 is 0 Å². The highest BCUT2D eigenvalue weighted by molar-refractivity contribution is 8.04. The summed E-state index contributed by atoms with van der Waals surface area (Å²) in [5.74, 6) is 1.35. The van der Waals surface area contributed by atoms with Crippen molar-refractivity contribution in [2.45, 2.75) is 35.7 Å². The second-order valence-electron chi connectivity index (χ2n) is 3.36. The molecule has 1 aromatic heterocycles. The molecule has 2 heterocycles. The van der Waals surface area contributed by atoms with Crippen molar-refractivity contribution in [3.05, 3.63) is 16.3 Å². The Morgan fingerprint density at radius 1 is 1.54 bits per heavy atom. The first-order valence-electron chi connectivity index (χ1n) is 4.59. The first kappa shape index (κ1) is 9.94. The van der Waals surface area contributed by atoms with Crippen LogP contribution in [0.2, 0.25) is 0 Å². The quantitative estimate of drug-likeness (QED) is 0.752. The minimum absolute atomic E-state index is 0.837. The lowest BCUT2D eigenvalue weighted by Crippen LogP contribution is -2.08. The Hall–Kier alpha value is 0.400. The Bertz CT molecular complexity index is 279. The molecule has 0 bridgehead atoms. The van der Waals surface area contributed by atoms with Gasteiger partial charge in [0.25, 0.3) is 0 Å². The fraction of sp³-hybridized carbons (Fsp3) is 0.600. The molecule has 0 aliphatic carbocycles. The number of thiophene rings is 1. The Morgan fingerprint density at radius 3 is 2.92 bits per heavy atom. The molecule has 13 heavy (non-hydrogen) atoms. The molecule has 0 aromatic carbocycles. The van der Waals surface area contributed by atoms with Crippen LogP contribution in [0.25, 0.3) is 0 Å². The van der Waals surface area contributed by atoms with Crippen LogP contribution in [0.4, 0.5) is 0 Å². The van der Waals surface area contributed by atoms with Gasteiger partial charge < -0.3 is 0 Å². The van der Waals surface area contributed by atoms with Crippen molar-refractivity contribution in [3.63, 3.8) is 0 Å². The van der Waals surface area contributed by atoms with Crippen molar-refractivity contribution in [1.82, 2.24) is 0 Å². The fourth-order valence-corrected chi connectivity index (χ4v) is 5.22. The molecule has 2 unspecified atom stereocenters. The molecule has 2 atom stereocenters. The third kappa shape index (κ3) is 2.25. The van der Waals surface area contributed by atoms with Crippen LogP contribution in [0, 0.1) is 6.92 Å². The summed E-state index contributed by atoms with van der Waals surface area (Å²) >= 11 is 6.06. The molecule has 72 valence electrons. The van der Waals surface area contributed by atoms with Crippen LogP contribution in [-0.2, 0) is 0 Å². The summed E-state index contributed by atoms with van der Waals surface area (Å²) in [5.41, 5.74) is 0. The maximum Gasteiger partial charge on any atom is 0.0219 e. The van der Waals surface area contributed by atoms with Crippen LogP contribution < -0.4 is 0 Å². The van der Waals surface area contributed by atoms with Crippen molar-refractivity contribution >= 4 is 34.9 Å². The second kappa shape index (κ2) is 4.28. The summed E-state index contributed by atoms with van der Waals surface area (Å²) < 4.78 is 0. The largest absolute Gasteiger partial charge is 0.158 e. The van der Waals surface area contributed by atoms with Crippen LogP contribution in [0.15, 0.2) is 16.3 Å². The highest BCUT2D eigenvalue weighted by Gasteiger charge is 2.25. The van der Waals surface area contributed by atoms with E-state index in [2.05, 4.69) is 48.8 Å². The maximum atomic E-state index is 2.36. The van der Waals surface area contributed by atoms with Crippen LogP contribution >= 0.6 is 34.9 Å². The molecule has 2 rings (SSSR count). The zero-order valence-electron chi connectivity index (χ0n) is 7.95. The molecule has 0 N–H and O–H groups in total. The van der Waals surface area contributed by atoms with E-state index >= 15 is 0 Å². The van der Waals surface area contributed by atoms with E-state index in [9.17, 15) is 0 Å². The van der Waals surface area contributed by atoms with Crippen LogP contribution in [0.1, 0.15) is 18.2 Å². The molecule has 3 heteroatoms. The van der Waals surface area contributed by atoms with Crippen molar-refractivity contribution in [2.24, 2.45) is 0 Å². The van der Waals surface area contributed by atoms with Gasteiger partial charge in [0.2, 0.25) is 0 Å². The number of thioether (sulfide) groups is 2. The lowest BCUT2D eigenvalue weighted by molar-refractivity contribution is 0.858. The molecule has 0 saturated carbocycles. The molecule has 1 fully saturated rings. The SMILES string of the molecule is Cc1sccc1SC1CCSC1C. The summed E-state index contributed by atoms with van der Waals surface area (Å²) in [4.78, 5) is 2.98. The normalized spacial score (nSPS) is 28.2. The molecular weight excluding hydrogens is 216 g/mol. The molecule has 0 amide bonds. The first-order chi connectivity index (χ1) is 6.27. The molecule has 0 nitrogen and oxygen atoms in total. The lowest BCUT2D eigenvalue weighted by atomic mass is 10.3. The standard InChI is InChI=1S/C10H14S3/c1-7-9(3-5-11-7)13-10-4-6-12-8(10)2/h3,5,8,10H,4,6H2,1-2H3. The van der Waals surface area contributed by atoms with E-state index < -0.39 is 0 Å². The van der Waals surface area contributed by atoms with Crippen LogP contribution in [0.5, 0.6) is 0 Å². The number of rotatable bonds is 2. The maximum absolute atomic E-state index is 2.36. The molecule has 0 radical (unpaired) electrons. The third-order valence-electron chi connectivity index (χ3n) is 2.40. The van der Waals surface area contributed by atoms with Gasteiger partial charge in [-0.25, -0.2) is 0 Å². The van der Waals surface area contributed by atoms with E-state index in [1.165, 1.54) is 21.9 Å². The molecular formula is C10H14S3. The lowest BCUT2D eigenvalue weighted by Gasteiger charge is -2.13. The van der Waals surface area contributed by atoms with Gasteiger partial charge in [-0.05, 0) is 30.5 Å². The Balaban J connectivity index is 2.01. The zero-order valence-corrected chi connectivity index (χ0v) is 10.4. The Morgan fingerprint density at radius 2 is 2.38 bits per heavy atom. The van der Waals surface area contributed by atoms with Crippen molar-refractivity contribution in [1.29, 1.82) is 0 Å². The van der Waals surface area contributed by atoms with Gasteiger partial charge in [-0.15, -0.1) is 23.1 Å². The third-order valence-corrected chi connectivity index (χ3v) is 6.51. The molecule has 1 aliphatic heterocycles. The van der Waals surface area contributed by atoms with Gasteiger partial charge in [-0.2, -0.15) is 11.8 Å². The van der Waals surface area contributed by atoms with E-state index in [0.717, 1.165) is 10.5 Å². The fourth-order valence-electron chi connectivity index (χ4n) is 1.53. The monoisotopic (exact) mass is 230 g/mol. The number of aryl methyl sites for hydroxylation is 1. The topological polar surface area (TPSA) is 0 Å². The molecule has 1 aromatic rings. The molecule has 1 aliphatic rings. The minimum atomic E-state index is 0.837. The van der Waals surface area contributed by atoms with Gasteiger partial charge in [0.1, 0.15) is 0 Å². The molecule has 0 spiro atoms. The summed E-state index contributed by atoms with van der Waals surface area (Å²) in [6, 6.07) is 2.26. The average molecular weight is 230 g/mol. The predicted octanol–water partition coefficient (Wildman–Crippen LogP) is 4.04. The molecule has 1 saturated heterocycles. The van der Waals surface area contributed by atoms with Crippen LogP contribution in [0.3, 0.4) is 0 Å². The van der Waals surface area contributed by atoms with E-state index in [-0.39, 0.29) is 0 Å². The first-order valence-corrected chi connectivity index (χ1v) is 7.40. The van der Waals surface area contributed by atoms with Gasteiger partial charge >= 0.3 is 0 Å². The number of hydrogen-bond acceptors (Lipinski definition) is 3. The van der Waals surface area contributed by atoms with Gasteiger partial charge in [-0.3, -0.25) is 0 Å². The van der Waals surface area contributed by atoms with E-state index in [1.54, 1.807) is 0 Å². The van der Waals surface area contributed by atoms with Crippen LogP contribution in [-0.4, -0.2) is 16.3 Å². The second-order valence-corrected chi connectivity index (χ2v) is 7.25. The summed E-state index contributed by atoms with van der Waals surface area (Å²) in [5, 5.41) is 3.88. The summed E-state index contributed by atoms with van der Waals surface area (Å²) in [6.07, 6.45) is 1.38. The summed E-state index contributed by atoms with van der Waals surface area (Å²) in [7, 11) is 0. The number of hydrogen-bond donors (Lipinski definition) is 0. The van der Waals surface area contributed by atoms with E-state index in [0.29, 0.717) is 0 Å². The van der Waals surface area contributed by atoms with Gasteiger partial charge in [0.05, 0.1) is 0 Å². The van der Waals surface area contributed by atoms with Crippen molar-refractivity contribution in [3.8, 4) is 0 Å². The predicted molar refractivity (Wildman–Crippen MR) is 65.2 cm³/mol. The van der Waals surface area contributed by atoms with Gasteiger partial charge in [0.15, 0.2) is 0 Å². The zero-order chi connectivity index (χ0) is 9.26. The summed E-state index contributed by atoms with van der Waals surface area (Å²) in [6.45, 7) is 4.58. The highest BCUT2D eigenvalue weighted by atomic mass is 32.2. The van der Waals surface area contributed by atoms with Crippen molar-refractivity contribution in [2.75, 3.05) is 5.75 Å². The minimum Gasteiger partial charge on any atom is -0.158 e. The van der Waals surface area contributed by atoms with E-state index in [4.69, 9.17) is 0 Å². The Labute approximate surface area is 92.5 Å². The Kier molecular flexibility index (Phi) is 3.27. The smallest absolute Gasteiger partial charge is 0.0219 e. The highest BCUT2D eigenvalue weighted by Crippen LogP contribution is 2.40. The van der Waals surface area contributed by atoms with Gasteiger partial charge in [-0.1, -0.05) is 6.92 Å². The van der Waals surface area contributed by atoms with Gasteiger partial charge in [0, 0.05) is 20.3 Å². The van der Waals surface area contributed by atoms with E-state index in [1.807, 2.05) is 11.3 Å². The average Bonchev–Trinajstić information content (AvgIpc) is 2.65.